The van der Waals surface area contributed by atoms with E-state index in [0.717, 1.165) is 13.1 Å². The van der Waals surface area contributed by atoms with Crippen LogP contribution in [-0.2, 0) is 4.79 Å². The monoisotopic (exact) mass is 219 g/mol. The van der Waals surface area contributed by atoms with Gasteiger partial charge in [0.25, 0.3) is 0 Å². The molecule has 0 fully saturated rings. The molecule has 1 amide bonds. The Morgan fingerprint density at radius 1 is 1.14 bits per heavy atom. The van der Waals surface area contributed by atoms with Crippen LogP contribution in [0.5, 0.6) is 0 Å². The molecule has 0 saturated heterocycles. The van der Waals surface area contributed by atoms with Crippen LogP contribution in [-0.4, -0.2) is 29.8 Å². The van der Waals surface area contributed by atoms with Crippen LogP contribution in [0.3, 0.4) is 0 Å². The van der Waals surface area contributed by atoms with E-state index in [4.69, 9.17) is 11.6 Å². The molecule has 0 radical (unpaired) electrons. The lowest BCUT2D eigenvalue weighted by molar-refractivity contribution is -0.131. The van der Waals surface area contributed by atoms with Crippen molar-refractivity contribution < 1.29 is 4.79 Å². The third-order valence-corrected chi connectivity index (χ3v) is 2.02. The third kappa shape index (κ3) is 6.25. The fourth-order valence-electron chi connectivity index (χ4n) is 1.40. The van der Waals surface area contributed by atoms with E-state index >= 15 is 0 Å². The quantitative estimate of drug-likeness (QED) is 0.630. The number of hydrogen-bond acceptors (Lipinski definition) is 1. The van der Waals surface area contributed by atoms with Crippen molar-refractivity contribution >= 4 is 17.5 Å². The lowest BCUT2D eigenvalue weighted by Crippen LogP contribution is -2.37. The molecular formula is C11H22ClNO. The highest BCUT2D eigenvalue weighted by molar-refractivity contribution is 6.18. The van der Waals surface area contributed by atoms with E-state index < -0.39 is 0 Å². The van der Waals surface area contributed by atoms with E-state index in [-0.39, 0.29) is 5.91 Å². The largest absolute Gasteiger partial charge is 0.342 e. The standard InChI is InChI=1S/C11H22ClNO/c1-9(2)7-13(8-10(3)4)11(14)5-6-12/h9-10H,5-8H2,1-4H3. The van der Waals surface area contributed by atoms with Gasteiger partial charge >= 0.3 is 0 Å². The highest BCUT2D eigenvalue weighted by Crippen LogP contribution is 2.06. The van der Waals surface area contributed by atoms with E-state index in [2.05, 4.69) is 27.7 Å². The van der Waals surface area contributed by atoms with Crippen LogP contribution in [0.15, 0.2) is 0 Å². The highest BCUT2D eigenvalue weighted by Gasteiger charge is 2.15. The number of nitrogens with zero attached hydrogens (tertiary/aromatic N) is 1. The molecule has 84 valence electrons. The molecular weight excluding hydrogens is 198 g/mol. The Morgan fingerprint density at radius 3 is 1.86 bits per heavy atom. The maximum absolute atomic E-state index is 11.7. The minimum absolute atomic E-state index is 0.183. The summed E-state index contributed by atoms with van der Waals surface area (Å²) in [5.74, 6) is 1.65. The molecule has 0 spiro atoms. The Balaban J connectivity index is 4.15. The second kappa shape index (κ2) is 7.10. The Labute approximate surface area is 92.6 Å². The molecule has 0 aliphatic rings. The smallest absolute Gasteiger partial charge is 0.223 e. The van der Waals surface area contributed by atoms with Gasteiger partial charge in [0, 0.05) is 25.4 Å². The Hall–Kier alpha value is -0.240. The number of halogens is 1. The van der Waals surface area contributed by atoms with Gasteiger partial charge in [-0.3, -0.25) is 4.79 Å². The summed E-state index contributed by atoms with van der Waals surface area (Å²) in [5.41, 5.74) is 0. The van der Waals surface area contributed by atoms with Crippen molar-refractivity contribution in [2.75, 3.05) is 19.0 Å². The van der Waals surface area contributed by atoms with Crippen molar-refractivity contribution in [3.05, 3.63) is 0 Å². The first kappa shape index (κ1) is 13.8. The number of carbonyl (C=O) groups is 1. The van der Waals surface area contributed by atoms with Crippen LogP contribution in [0.2, 0.25) is 0 Å². The van der Waals surface area contributed by atoms with Gasteiger partial charge in [-0.05, 0) is 11.8 Å². The minimum atomic E-state index is 0.183. The SMILES string of the molecule is CC(C)CN(CC(C)C)C(=O)CCCl. The summed E-state index contributed by atoms with van der Waals surface area (Å²) in [6.45, 7) is 10.2. The van der Waals surface area contributed by atoms with Gasteiger partial charge in [-0.15, -0.1) is 11.6 Å². The fourth-order valence-corrected chi connectivity index (χ4v) is 1.56. The lowest BCUT2D eigenvalue weighted by atomic mass is 10.1. The van der Waals surface area contributed by atoms with E-state index in [1.807, 2.05) is 4.90 Å². The number of amides is 1. The number of carbonyl (C=O) groups excluding carboxylic acids is 1. The normalized spacial score (nSPS) is 11.1. The molecule has 0 saturated carbocycles. The molecule has 0 aromatic carbocycles. The van der Waals surface area contributed by atoms with Crippen LogP contribution in [0.4, 0.5) is 0 Å². The molecule has 0 bridgehead atoms. The summed E-state index contributed by atoms with van der Waals surface area (Å²) in [6, 6.07) is 0. The maximum Gasteiger partial charge on any atom is 0.223 e. The first-order chi connectivity index (χ1) is 6.47. The van der Waals surface area contributed by atoms with E-state index in [1.165, 1.54) is 0 Å². The molecule has 0 atom stereocenters. The maximum atomic E-state index is 11.7. The Kier molecular flexibility index (Phi) is 6.98. The molecule has 0 rings (SSSR count). The summed E-state index contributed by atoms with van der Waals surface area (Å²) in [7, 11) is 0. The summed E-state index contributed by atoms with van der Waals surface area (Å²) < 4.78 is 0. The van der Waals surface area contributed by atoms with Gasteiger partial charge in [-0.2, -0.15) is 0 Å². The first-order valence-corrected chi connectivity index (χ1v) is 5.84. The van der Waals surface area contributed by atoms with Crippen LogP contribution >= 0.6 is 11.6 Å². The zero-order valence-electron chi connectivity index (χ0n) is 9.72. The molecule has 0 N–H and O–H groups in total. The van der Waals surface area contributed by atoms with Crippen LogP contribution in [0, 0.1) is 11.8 Å². The predicted octanol–water partition coefficient (Wildman–Crippen LogP) is 2.76. The van der Waals surface area contributed by atoms with E-state index in [9.17, 15) is 4.79 Å². The summed E-state index contributed by atoms with van der Waals surface area (Å²) >= 11 is 5.57. The van der Waals surface area contributed by atoms with E-state index in [0.29, 0.717) is 24.1 Å². The number of alkyl halides is 1. The lowest BCUT2D eigenvalue weighted by Gasteiger charge is -2.26. The van der Waals surface area contributed by atoms with Crippen LogP contribution in [0.1, 0.15) is 34.1 Å². The molecule has 2 nitrogen and oxygen atoms in total. The average molecular weight is 220 g/mol. The molecule has 0 unspecified atom stereocenters. The predicted molar refractivity (Wildman–Crippen MR) is 61.6 cm³/mol. The van der Waals surface area contributed by atoms with Crippen molar-refractivity contribution in [2.45, 2.75) is 34.1 Å². The average Bonchev–Trinajstić information content (AvgIpc) is 2.01. The molecule has 3 heteroatoms. The summed E-state index contributed by atoms with van der Waals surface area (Å²) in [4.78, 5) is 13.6. The van der Waals surface area contributed by atoms with Crippen molar-refractivity contribution in [1.29, 1.82) is 0 Å². The van der Waals surface area contributed by atoms with Gasteiger partial charge in [0.15, 0.2) is 0 Å². The van der Waals surface area contributed by atoms with E-state index in [1.54, 1.807) is 0 Å². The first-order valence-electron chi connectivity index (χ1n) is 5.31. The highest BCUT2D eigenvalue weighted by atomic mass is 35.5. The number of rotatable bonds is 6. The minimum Gasteiger partial charge on any atom is -0.342 e. The second-order valence-electron chi connectivity index (χ2n) is 4.53. The van der Waals surface area contributed by atoms with Gasteiger partial charge in [0.1, 0.15) is 0 Å². The van der Waals surface area contributed by atoms with Crippen molar-refractivity contribution in [1.82, 2.24) is 4.90 Å². The van der Waals surface area contributed by atoms with Gasteiger partial charge in [0.05, 0.1) is 0 Å². The molecule has 0 aromatic heterocycles. The molecule has 0 aliphatic carbocycles. The van der Waals surface area contributed by atoms with Crippen molar-refractivity contribution in [3.63, 3.8) is 0 Å². The molecule has 0 aliphatic heterocycles. The van der Waals surface area contributed by atoms with Crippen molar-refractivity contribution in [3.8, 4) is 0 Å². The Morgan fingerprint density at radius 2 is 1.57 bits per heavy atom. The van der Waals surface area contributed by atoms with Crippen LogP contribution < -0.4 is 0 Å². The zero-order valence-corrected chi connectivity index (χ0v) is 10.5. The Bertz CT molecular complexity index is 159. The molecule has 0 heterocycles. The van der Waals surface area contributed by atoms with Crippen molar-refractivity contribution in [2.24, 2.45) is 11.8 Å². The van der Waals surface area contributed by atoms with Gasteiger partial charge in [-0.1, -0.05) is 27.7 Å². The molecule has 0 aromatic rings. The topological polar surface area (TPSA) is 20.3 Å². The number of hydrogen-bond donors (Lipinski definition) is 0. The third-order valence-electron chi connectivity index (χ3n) is 1.83. The summed E-state index contributed by atoms with van der Waals surface area (Å²) in [5, 5.41) is 0. The summed E-state index contributed by atoms with van der Waals surface area (Å²) in [6.07, 6.45) is 0.459. The van der Waals surface area contributed by atoms with Gasteiger partial charge < -0.3 is 4.90 Å². The van der Waals surface area contributed by atoms with Gasteiger partial charge in [-0.25, -0.2) is 0 Å². The van der Waals surface area contributed by atoms with Crippen LogP contribution in [0.25, 0.3) is 0 Å². The fraction of sp³-hybridized carbons (Fsp3) is 0.909. The second-order valence-corrected chi connectivity index (χ2v) is 4.90. The zero-order chi connectivity index (χ0) is 11.1. The molecule has 14 heavy (non-hydrogen) atoms. The van der Waals surface area contributed by atoms with Gasteiger partial charge in [0.2, 0.25) is 5.91 Å².